The Morgan fingerprint density at radius 2 is 1.79 bits per heavy atom. The Kier molecular flexibility index (Phi) is 3.95. The van der Waals surface area contributed by atoms with Crippen LogP contribution in [0.2, 0.25) is 0 Å². The Labute approximate surface area is 114 Å². The fourth-order valence-corrected chi connectivity index (χ4v) is 3.56. The summed E-state index contributed by atoms with van der Waals surface area (Å²) in [5.74, 6) is -2.95. The molecule has 1 nitrogen and oxygen atoms in total. The van der Waals surface area contributed by atoms with E-state index in [1.54, 1.807) is 12.2 Å². The molecule has 0 aromatic carbocycles. The number of hydrogen-bond donors (Lipinski definition) is 0. The van der Waals surface area contributed by atoms with Crippen molar-refractivity contribution in [3.05, 3.63) is 37.0 Å². The van der Waals surface area contributed by atoms with Crippen LogP contribution in [0.4, 0.5) is 8.78 Å². The third-order valence-electron chi connectivity index (χ3n) is 4.49. The van der Waals surface area contributed by atoms with Crippen molar-refractivity contribution in [3.63, 3.8) is 0 Å². The van der Waals surface area contributed by atoms with E-state index in [9.17, 15) is 8.78 Å². The summed E-state index contributed by atoms with van der Waals surface area (Å²) in [5.41, 5.74) is -2.25. The first-order chi connectivity index (χ1) is 9.04. The van der Waals surface area contributed by atoms with E-state index in [-0.39, 0.29) is 0 Å². The molecular weight excluding hydrogens is 246 g/mol. The molecule has 1 unspecified atom stereocenters. The third-order valence-corrected chi connectivity index (χ3v) is 4.49. The molecule has 19 heavy (non-hydrogen) atoms. The predicted octanol–water partition coefficient (Wildman–Crippen LogP) is 4.66. The second kappa shape index (κ2) is 5.20. The Balaban J connectivity index is 2.50. The van der Waals surface area contributed by atoms with E-state index in [2.05, 4.69) is 6.58 Å². The monoisotopic (exact) mass is 268 g/mol. The molecule has 3 heteroatoms. The zero-order chi connectivity index (χ0) is 14.0. The molecule has 0 aliphatic heterocycles. The number of halogens is 2. The Bertz CT molecular complexity index is 386. The summed E-state index contributed by atoms with van der Waals surface area (Å²) >= 11 is 0. The lowest BCUT2D eigenvalue weighted by Crippen LogP contribution is -2.58. The van der Waals surface area contributed by atoms with Crippen LogP contribution < -0.4 is 0 Å². The van der Waals surface area contributed by atoms with Gasteiger partial charge in [0.1, 0.15) is 5.41 Å². The fraction of sp³-hybridized carbons (Fsp3) is 0.625. The van der Waals surface area contributed by atoms with Gasteiger partial charge in [-0.15, -0.1) is 6.58 Å². The van der Waals surface area contributed by atoms with Gasteiger partial charge >= 0.3 is 0 Å². The SMILES string of the molecule is C=CC1(C2(OCC)CCCCC2)C=CC=CC1(F)F. The lowest BCUT2D eigenvalue weighted by atomic mass is 9.60. The molecule has 0 N–H and O–H groups in total. The fourth-order valence-electron chi connectivity index (χ4n) is 3.56. The summed E-state index contributed by atoms with van der Waals surface area (Å²) in [7, 11) is 0. The molecule has 0 amide bonds. The Morgan fingerprint density at radius 3 is 2.32 bits per heavy atom. The van der Waals surface area contributed by atoms with Crippen LogP contribution in [0.3, 0.4) is 0 Å². The molecule has 0 aromatic rings. The molecule has 0 heterocycles. The van der Waals surface area contributed by atoms with Crippen molar-refractivity contribution in [1.82, 2.24) is 0 Å². The third kappa shape index (κ3) is 2.08. The predicted molar refractivity (Wildman–Crippen MR) is 73.3 cm³/mol. The topological polar surface area (TPSA) is 9.23 Å². The quantitative estimate of drug-likeness (QED) is 0.674. The molecule has 1 fully saturated rings. The van der Waals surface area contributed by atoms with E-state index in [1.807, 2.05) is 6.92 Å². The van der Waals surface area contributed by atoms with Crippen LogP contribution in [0, 0.1) is 5.41 Å². The standard InChI is InChI=1S/C16H22F2O/c1-3-14(10-8-9-13-16(14,17)18)15(19-4-2)11-6-5-7-12-15/h3,8-10,13H,1,4-7,11-12H2,2H3. The van der Waals surface area contributed by atoms with Crippen molar-refractivity contribution in [3.8, 4) is 0 Å². The maximum atomic E-state index is 14.6. The van der Waals surface area contributed by atoms with Crippen LogP contribution in [0.5, 0.6) is 0 Å². The van der Waals surface area contributed by atoms with E-state index in [4.69, 9.17) is 4.74 Å². The second-order valence-corrected chi connectivity index (χ2v) is 5.40. The minimum Gasteiger partial charge on any atom is -0.374 e. The highest BCUT2D eigenvalue weighted by molar-refractivity contribution is 5.34. The van der Waals surface area contributed by atoms with E-state index in [0.717, 1.165) is 25.3 Å². The average molecular weight is 268 g/mol. The summed E-state index contributed by atoms with van der Waals surface area (Å²) in [6.45, 7) is 6.03. The summed E-state index contributed by atoms with van der Waals surface area (Å²) in [6.07, 6.45) is 11.3. The first kappa shape index (κ1) is 14.4. The molecule has 0 spiro atoms. The van der Waals surface area contributed by atoms with Gasteiger partial charge in [-0.1, -0.05) is 43.6 Å². The van der Waals surface area contributed by atoms with Gasteiger partial charge in [-0.3, -0.25) is 0 Å². The van der Waals surface area contributed by atoms with Crippen LogP contribution in [0.1, 0.15) is 39.0 Å². The highest BCUT2D eigenvalue weighted by atomic mass is 19.3. The zero-order valence-corrected chi connectivity index (χ0v) is 11.5. The van der Waals surface area contributed by atoms with Crippen LogP contribution in [-0.2, 0) is 4.74 Å². The molecule has 2 rings (SSSR count). The van der Waals surface area contributed by atoms with Gasteiger partial charge in [0.05, 0.1) is 5.60 Å². The van der Waals surface area contributed by atoms with Gasteiger partial charge in [0.25, 0.3) is 5.92 Å². The van der Waals surface area contributed by atoms with E-state index in [0.29, 0.717) is 19.4 Å². The summed E-state index contributed by atoms with van der Waals surface area (Å²) in [6, 6.07) is 0. The first-order valence-electron chi connectivity index (χ1n) is 7.06. The maximum Gasteiger partial charge on any atom is 0.281 e. The number of allylic oxidation sites excluding steroid dienone is 3. The molecule has 2 aliphatic rings. The molecule has 2 aliphatic carbocycles. The summed E-state index contributed by atoms with van der Waals surface area (Å²) in [4.78, 5) is 0. The van der Waals surface area contributed by atoms with Crippen molar-refractivity contribution >= 4 is 0 Å². The molecule has 1 atom stereocenters. The number of hydrogen-bond acceptors (Lipinski definition) is 1. The zero-order valence-electron chi connectivity index (χ0n) is 11.5. The normalized spacial score (nSPS) is 32.2. The van der Waals surface area contributed by atoms with Gasteiger partial charge in [0.2, 0.25) is 0 Å². The van der Waals surface area contributed by atoms with Gasteiger partial charge in [-0.25, -0.2) is 8.78 Å². The number of ether oxygens (including phenoxy) is 1. The van der Waals surface area contributed by atoms with Gasteiger partial charge in [-0.2, -0.15) is 0 Å². The second-order valence-electron chi connectivity index (χ2n) is 5.40. The molecule has 1 saturated carbocycles. The maximum absolute atomic E-state index is 14.6. The Hall–Kier alpha value is -0.960. The largest absolute Gasteiger partial charge is 0.374 e. The van der Waals surface area contributed by atoms with Gasteiger partial charge in [-0.05, 0) is 25.8 Å². The van der Waals surface area contributed by atoms with Crippen molar-refractivity contribution in [1.29, 1.82) is 0 Å². The van der Waals surface area contributed by atoms with E-state index < -0.39 is 16.9 Å². The smallest absolute Gasteiger partial charge is 0.281 e. The van der Waals surface area contributed by atoms with Crippen molar-refractivity contribution < 1.29 is 13.5 Å². The Morgan fingerprint density at radius 1 is 1.16 bits per heavy atom. The van der Waals surface area contributed by atoms with Crippen molar-refractivity contribution in [2.45, 2.75) is 50.6 Å². The van der Waals surface area contributed by atoms with Crippen LogP contribution in [0.15, 0.2) is 37.0 Å². The van der Waals surface area contributed by atoms with Crippen molar-refractivity contribution in [2.24, 2.45) is 5.41 Å². The molecule has 0 bridgehead atoms. The van der Waals surface area contributed by atoms with E-state index >= 15 is 0 Å². The van der Waals surface area contributed by atoms with Crippen LogP contribution in [-0.4, -0.2) is 18.1 Å². The van der Waals surface area contributed by atoms with Gasteiger partial charge in [0.15, 0.2) is 0 Å². The molecule has 0 saturated heterocycles. The highest BCUT2D eigenvalue weighted by Gasteiger charge is 2.62. The minimum atomic E-state index is -2.95. The molecule has 0 radical (unpaired) electrons. The molecule has 106 valence electrons. The van der Waals surface area contributed by atoms with Crippen molar-refractivity contribution in [2.75, 3.05) is 6.61 Å². The lowest BCUT2D eigenvalue weighted by Gasteiger charge is -2.52. The van der Waals surface area contributed by atoms with Crippen LogP contribution >= 0.6 is 0 Å². The lowest BCUT2D eigenvalue weighted by molar-refractivity contribution is -0.188. The van der Waals surface area contributed by atoms with Gasteiger partial charge in [0, 0.05) is 6.61 Å². The van der Waals surface area contributed by atoms with Crippen LogP contribution in [0.25, 0.3) is 0 Å². The van der Waals surface area contributed by atoms with Gasteiger partial charge < -0.3 is 4.74 Å². The minimum absolute atomic E-state index is 0.448. The molecular formula is C16H22F2O. The average Bonchev–Trinajstić information content (AvgIpc) is 2.40. The molecule has 0 aromatic heterocycles. The first-order valence-corrected chi connectivity index (χ1v) is 7.06. The number of alkyl halides is 2. The summed E-state index contributed by atoms with van der Waals surface area (Å²) < 4.78 is 35.1. The number of rotatable bonds is 4. The summed E-state index contributed by atoms with van der Waals surface area (Å²) in [5, 5.41) is 0. The van der Waals surface area contributed by atoms with E-state index in [1.165, 1.54) is 12.2 Å². The highest BCUT2D eigenvalue weighted by Crippen LogP contribution is 2.56.